The molecule has 2 nitrogen and oxygen atoms in total. The minimum absolute atomic E-state index is 0.338. The van der Waals surface area contributed by atoms with E-state index in [1.54, 1.807) is 6.20 Å². The third-order valence-corrected chi connectivity index (χ3v) is 1.60. The van der Waals surface area contributed by atoms with Gasteiger partial charge in [-0.25, -0.2) is 4.98 Å². The average molecular weight is 181 g/mol. The summed E-state index contributed by atoms with van der Waals surface area (Å²) in [7, 11) is 0. The van der Waals surface area contributed by atoms with E-state index in [0.29, 0.717) is 11.7 Å². The van der Waals surface area contributed by atoms with Crippen LogP contribution in [0.25, 0.3) is 0 Å². The summed E-state index contributed by atoms with van der Waals surface area (Å²) in [5.41, 5.74) is 7.01. The van der Waals surface area contributed by atoms with Crippen LogP contribution in [-0.2, 0) is 0 Å². The SMILES string of the molecule is Cc1cnc(Cl)c(C#CCN)c1. The van der Waals surface area contributed by atoms with Crippen LogP contribution in [0.1, 0.15) is 11.1 Å². The molecule has 2 N–H and O–H groups in total. The molecule has 0 aromatic carbocycles. The zero-order valence-electron chi connectivity index (χ0n) is 6.76. The number of nitrogens with zero attached hydrogens (tertiary/aromatic N) is 1. The molecule has 0 radical (unpaired) electrons. The van der Waals surface area contributed by atoms with Crippen LogP contribution in [0.2, 0.25) is 5.15 Å². The Labute approximate surface area is 76.8 Å². The smallest absolute Gasteiger partial charge is 0.144 e. The molecule has 0 bridgehead atoms. The van der Waals surface area contributed by atoms with Crippen molar-refractivity contribution in [2.75, 3.05) is 6.54 Å². The molecule has 0 saturated heterocycles. The number of pyridine rings is 1. The lowest BCUT2D eigenvalue weighted by atomic mass is 10.2. The standard InChI is InChI=1S/C9H9ClN2/c1-7-5-8(3-2-4-11)9(10)12-6-7/h5-6H,4,11H2,1H3. The molecule has 1 aromatic heterocycles. The second kappa shape index (κ2) is 4.10. The van der Waals surface area contributed by atoms with E-state index in [1.807, 2.05) is 13.0 Å². The van der Waals surface area contributed by atoms with Gasteiger partial charge in [-0.3, -0.25) is 0 Å². The lowest BCUT2D eigenvalue weighted by Crippen LogP contribution is -1.93. The highest BCUT2D eigenvalue weighted by atomic mass is 35.5. The molecule has 0 fully saturated rings. The fraction of sp³-hybridized carbons (Fsp3) is 0.222. The fourth-order valence-electron chi connectivity index (χ4n) is 0.786. The van der Waals surface area contributed by atoms with Crippen molar-refractivity contribution in [3.8, 4) is 11.8 Å². The molecule has 0 atom stereocenters. The summed E-state index contributed by atoms with van der Waals surface area (Å²) in [6, 6.07) is 1.89. The number of rotatable bonds is 0. The maximum absolute atomic E-state index is 5.78. The van der Waals surface area contributed by atoms with E-state index in [0.717, 1.165) is 11.1 Å². The number of hydrogen-bond acceptors (Lipinski definition) is 2. The van der Waals surface area contributed by atoms with Gasteiger partial charge in [0.05, 0.1) is 12.1 Å². The molecule has 1 heterocycles. The molecule has 0 aliphatic rings. The highest BCUT2D eigenvalue weighted by Gasteiger charge is 1.96. The Balaban J connectivity index is 3.05. The maximum Gasteiger partial charge on any atom is 0.144 e. The molecule has 62 valence electrons. The summed E-state index contributed by atoms with van der Waals surface area (Å²) in [5.74, 6) is 5.57. The van der Waals surface area contributed by atoms with Crippen molar-refractivity contribution in [1.82, 2.24) is 4.98 Å². The maximum atomic E-state index is 5.78. The summed E-state index contributed by atoms with van der Waals surface area (Å²) < 4.78 is 0. The van der Waals surface area contributed by atoms with Gasteiger partial charge >= 0.3 is 0 Å². The molecule has 0 saturated carbocycles. The number of aryl methyl sites for hydroxylation is 1. The Morgan fingerprint density at radius 2 is 2.42 bits per heavy atom. The third kappa shape index (κ3) is 2.23. The predicted molar refractivity (Wildman–Crippen MR) is 49.9 cm³/mol. The molecule has 3 heteroatoms. The van der Waals surface area contributed by atoms with E-state index < -0.39 is 0 Å². The van der Waals surface area contributed by atoms with Gasteiger partial charge in [-0.1, -0.05) is 23.4 Å². The van der Waals surface area contributed by atoms with Crippen LogP contribution in [0, 0.1) is 18.8 Å². The quantitative estimate of drug-likeness (QED) is 0.484. The predicted octanol–water partition coefficient (Wildman–Crippen LogP) is 1.35. The van der Waals surface area contributed by atoms with Crippen LogP contribution >= 0.6 is 11.6 Å². The summed E-state index contributed by atoms with van der Waals surface area (Å²) in [4.78, 5) is 3.95. The van der Waals surface area contributed by atoms with E-state index in [4.69, 9.17) is 17.3 Å². The zero-order chi connectivity index (χ0) is 8.97. The van der Waals surface area contributed by atoms with Crippen molar-refractivity contribution in [2.45, 2.75) is 6.92 Å². The topological polar surface area (TPSA) is 38.9 Å². The first-order chi connectivity index (χ1) is 5.74. The molecule has 1 rings (SSSR count). The van der Waals surface area contributed by atoms with Crippen molar-refractivity contribution >= 4 is 11.6 Å². The first kappa shape index (κ1) is 9.05. The van der Waals surface area contributed by atoms with Crippen molar-refractivity contribution in [3.05, 3.63) is 28.5 Å². The second-order valence-electron chi connectivity index (χ2n) is 2.36. The largest absolute Gasteiger partial charge is 0.320 e. The van der Waals surface area contributed by atoms with E-state index >= 15 is 0 Å². The average Bonchev–Trinajstić information content (AvgIpc) is 2.07. The molecule has 1 aromatic rings. The first-order valence-electron chi connectivity index (χ1n) is 3.55. The highest BCUT2D eigenvalue weighted by Crippen LogP contribution is 2.11. The second-order valence-corrected chi connectivity index (χ2v) is 2.71. The number of nitrogens with two attached hydrogens (primary N) is 1. The molecular weight excluding hydrogens is 172 g/mol. The number of aromatic nitrogens is 1. The van der Waals surface area contributed by atoms with Gasteiger partial charge in [-0.15, -0.1) is 0 Å². The van der Waals surface area contributed by atoms with Crippen molar-refractivity contribution < 1.29 is 0 Å². The normalized spacial score (nSPS) is 8.92. The number of halogens is 1. The van der Waals surface area contributed by atoms with Crippen LogP contribution in [0.4, 0.5) is 0 Å². The van der Waals surface area contributed by atoms with Crippen LogP contribution in [0.3, 0.4) is 0 Å². The van der Waals surface area contributed by atoms with Crippen molar-refractivity contribution in [3.63, 3.8) is 0 Å². The summed E-state index contributed by atoms with van der Waals surface area (Å²) in [6.07, 6.45) is 1.70. The van der Waals surface area contributed by atoms with Crippen molar-refractivity contribution in [2.24, 2.45) is 5.73 Å². The summed E-state index contributed by atoms with van der Waals surface area (Å²) in [5, 5.41) is 0.432. The monoisotopic (exact) mass is 180 g/mol. The lowest BCUT2D eigenvalue weighted by molar-refractivity contribution is 1.25. The molecular formula is C9H9ClN2. The summed E-state index contributed by atoms with van der Waals surface area (Å²) in [6.45, 7) is 2.28. The Morgan fingerprint density at radius 3 is 3.08 bits per heavy atom. The molecule has 12 heavy (non-hydrogen) atoms. The van der Waals surface area contributed by atoms with Gasteiger partial charge in [0.2, 0.25) is 0 Å². The van der Waals surface area contributed by atoms with Gasteiger partial charge in [0.25, 0.3) is 0 Å². The Hall–Kier alpha value is -1.04. The molecule has 0 aliphatic carbocycles. The Kier molecular flexibility index (Phi) is 3.09. The number of hydrogen-bond donors (Lipinski definition) is 1. The molecule has 0 spiro atoms. The Bertz CT molecular complexity index is 336. The van der Waals surface area contributed by atoms with Crippen LogP contribution in [0.5, 0.6) is 0 Å². The Morgan fingerprint density at radius 1 is 1.67 bits per heavy atom. The summed E-state index contributed by atoms with van der Waals surface area (Å²) >= 11 is 5.78. The molecule has 0 amide bonds. The molecule has 0 aliphatic heterocycles. The van der Waals surface area contributed by atoms with E-state index in [-0.39, 0.29) is 0 Å². The fourth-order valence-corrected chi connectivity index (χ4v) is 0.937. The van der Waals surface area contributed by atoms with Gasteiger partial charge in [0.15, 0.2) is 0 Å². The van der Waals surface area contributed by atoms with Gasteiger partial charge < -0.3 is 5.73 Å². The van der Waals surface area contributed by atoms with Gasteiger partial charge in [0.1, 0.15) is 5.15 Å². The third-order valence-electron chi connectivity index (χ3n) is 1.30. The van der Waals surface area contributed by atoms with E-state index in [2.05, 4.69) is 16.8 Å². The molecule has 0 unspecified atom stereocenters. The van der Waals surface area contributed by atoms with Gasteiger partial charge in [0, 0.05) is 6.20 Å². The van der Waals surface area contributed by atoms with Crippen LogP contribution in [0.15, 0.2) is 12.3 Å². The van der Waals surface area contributed by atoms with Gasteiger partial charge in [-0.2, -0.15) is 0 Å². The minimum Gasteiger partial charge on any atom is -0.320 e. The highest BCUT2D eigenvalue weighted by molar-refractivity contribution is 6.30. The first-order valence-corrected chi connectivity index (χ1v) is 3.93. The van der Waals surface area contributed by atoms with Gasteiger partial charge in [-0.05, 0) is 18.6 Å². The zero-order valence-corrected chi connectivity index (χ0v) is 7.52. The van der Waals surface area contributed by atoms with Crippen LogP contribution < -0.4 is 5.73 Å². The minimum atomic E-state index is 0.338. The van der Waals surface area contributed by atoms with Crippen LogP contribution in [-0.4, -0.2) is 11.5 Å². The van der Waals surface area contributed by atoms with E-state index in [9.17, 15) is 0 Å². The lowest BCUT2D eigenvalue weighted by Gasteiger charge is -1.95. The van der Waals surface area contributed by atoms with E-state index in [1.165, 1.54) is 0 Å². The van der Waals surface area contributed by atoms with Crippen molar-refractivity contribution in [1.29, 1.82) is 0 Å².